The summed E-state index contributed by atoms with van der Waals surface area (Å²) in [6, 6.07) is 11.4. The molecule has 0 aliphatic heterocycles. The highest BCUT2D eigenvalue weighted by Gasteiger charge is 2.27. The topological polar surface area (TPSA) is 29.9 Å². The lowest BCUT2D eigenvalue weighted by Gasteiger charge is -2.16. The van der Waals surface area contributed by atoms with Gasteiger partial charge in [-0.2, -0.15) is 4.57 Å². The van der Waals surface area contributed by atoms with E-state index in [0.29, 0.717) is 6.04 Å². The second kappa shape index (κ2) is 7.62. The minimum Gasteiger partial charge on any atom is -0.437 e. The van der Waals surface area contributed by atoms with E-state index in [-0.39, 0.29) is 0 Å². The van der Waals surface area contributed by atoms with Gasteiger partial charge in [0.15, 0.2) is 17.8 Å². The van der Waals surface area contributed by atoms with Gasteiger partial charge in [-0.1, -0.05) is 26.0 Å². The molecule has 150 valence electrons. The number of aromatic nitrogens is 2. The van der Waals surface area contributed by atoms with Gasteiger partial charge in [0.2, 0.25) is 11.4 Å². The van der Waals surface area contributed by atoms with Gasteiger partial charge < -0.3 is 4.42 Å². The molecule has 1 atom stereocenters. The Bertz CT molecular complexity index is 1200. The van der Waals surface area contributed by atoms with Crippen LogP contribution in [0.5, 0.6) is 0 Å². The third-order valence-electron chi connectivity index (χ3n) is 6.18. The van der Waals surface area contributed by atoms with Crippen molar-refractivity contribution in [1.82, 2.24) is 4.98 Å². The van der Waals surface area contributed by atoms with E-state index in [9.17, 15) is 0 Å². The number of rotatable bonds is 5. The van der Waals surface area contributed by atoms with E-state index in [1.807, 2.05) is 6.92 Å². The first-order chi connectivity index (χ1) is 13.9. The van der Waals surface area contributed by atoms with Crippen LogP contribution in [0, 0.1) is 27.7 Å². The highest BCUT2D eigenvalue weighted by molar-refractivity contribution is 6.08. The predicted molar refractivity (Wildman–Crippen MR) is 120 cm³/mol. The van der Waals surface area contributed by atoms with Crippen LogP contribution in [0.25, 0.3) is 33.3 Å². The van der Waals surface area contributed by atoms with Gasteiger partial charge in [-0.05, 0) is 57.4 Å². The van der Waals surface area contributed by atoms with Crippen molar-refractivity contribution >= 4 is 22.1 Å². The zero-order valence-electron chi connectivity index (χ0n) is 18.5. The molecule has 3 aromatic heterocycles. The van der Waals surface area contributed by atoms with E-state index in [1.54, 1.807) is 0 Å². The minimum atomic E-state index is 0.480. The molecule has 4 rings (SSSR count). The third-order valence-corrected chi connectivity index (χ3v) is 6.18. The van der Waals surface area contributed by atoms with Gasteiger partial charge in [-0.3, -0.25) is 0 Å². The number of hydrogen-bond donors (Lipinski definition) is 0. The summed E-state index contributed by atoms with van der Waals surface area (Å²) in [7, 11) is 0. The molecule has 0 N–H and O–H groups in total. The lowest BCUT2D eigenvalue weighted by atomic mass is 9.97. The molecule has 3 heterocycles. The van der Waals surface area contributed by atoms with E-state index in [0.717, 1.165) is 34.2 Å². The quantitative estimate of drug-likeness (QED) is 0.348. The van der Waals surface area contributed by atoms with Gasteiger partial charge in [0.25, 0.3) is 0 Å². The fourth-order valence-electron chi connectivity index (χ4n) is 4.38. The molecule has 4 aromatic rings. The zero-order chi connectivity index (χ0) is 20.7. The molecule has 0 amide bonds. The molecule has 1 unspecified atom stereocenters. The van der Waals surface area contributed by atoms with Gasteiger partial charge >= 0.3 is 0 Å². The zero-order valence-corrected chi connectivity index (χ0v) is 18.5. The van der Waals surface area contributed by atoms with Crippen LogP contribution in [0.15, 0.2) is 40.9 Å². The summed E-state index contributed by atoms with van der Waals surface area (Å²) in [5.74, 6) is 0. The number of pyridine rings is 2. The SMILES string of the molecule is CCCC(CC)[n+]1cc(C)c(C)cc1-c1c(C)ccc2c1oc1nc(C)ccc12. The lowest BCUT2D eigenvalue weighted by molar-refractivity contribution is -0.714. The van der Waals surface area contributed by atoms with Crippen LogP contribution in [-0.2, 0) is 0 Å². The molecule has 1 aromatic carbocycles. The molecule has 0 saturated carbocycles. The number of furan rings is 1. The number of nitrogens with zero attached hydrogens (tertiary/aromatic N) is 2. The first kappa shape index (κ1) is 19.6. The number of hydrogen-bond acceptors (Lipinski definition) is 2. The summed E-state index contributed by atoms with van der Waals surface area (Å²) in [5, 5.41) is 2.23. The van der Waals surface area contributed by atoms with Crippen molar-refractivity contribution in [3.63, 3.8) is 0 Å². The first-order valence-corrected chi connectivity index (χ1v) is 10.8. The summed E-state index contributed by atoms with van der Waals surface area (Å²) < 4.78 is 8.86. The second-order valence-corrected chi connectivity index (χ2v) is 8.32. The fraction of sp³-hybridized carbons (Fsp3) is 0.385. The molecular weight excluding hydrogens is 356 g/mol. The Kier molecular flexibility index (Phi) is 5.16. The third kappa shape index (κ3) is 3.33. The second-order valence-electron chi connectivity index (χ2n) is 8.32. The van der Waals surface area contributed by atoms with Crippen molar-refractivity contribution in [2.75, 3.05) is 0 Å². The summed E-state index contributed by atoms with van der Waals surface area (Å²) in [5.41, 5.74) is 8.95. The van der Waals surface area contributed by atoms with Gasteiger partial charge in [0, 0.05) is 40.9 Å². The monoisotopic (exact) mass is 387 g/mol. The molecule has 29 heavy (non-hydrogen) atoms. The maximum atomic E-state index is 6.37. The van der Waals surface area contributed by atoms with E-state index in [2.05, 4.69) is 80.7 Å². The summed E-state index contributed by atoms with van der Waals surface area (Å²) in [6.45, 7) is 13.1. The van der Waals surface area contributed by atoms with Crippen LogP contribution >= 0.6 is 0 Å². The molecule has 0 fully saturated rings. The van der Waals surface area contributed by atoms with Crippen LogP contribution < -0.4 is 4.57 Å². The molecule has 0 spiro atoms. The van der Waals surface area contributed by atoms with Crippen molar-refractivity contribution in [2.45, 2.75) is 66.8 Å². The van der Waals surface area contributed by atoms with Gasteiger partial charge in [-0.25, -0.2) is 4.98 Å². The largest absolute Gasteiger partial charge is 0.437 e. The molecule has 3 heteroatoms. The normalized spacial score (nSPS) is 12.8. The van der Waals surface area contributed by atoms with Gasteiger partial charge in [-0.15, -0.1) is 0 Å². The minimum absolute atomic E-state index is 0.480. The van der Waals surface area contributed by atoms with E-state index >= 15 is 0 Å². The summed E-state index contributed by atoms with van der Waals surface area (Å²) >= 11 is 0. The van der Waals surface area contributed by atoms with E-state index in [4.69, 9.17) is 4.42 Å². The number of benzene rings is 1. The highest BCUT2D eigenvalue weighted by Crippen LogP contribution is 2.37. The van der Waals surface area contributed by atoms with Crippen LogP contribution in [0.2, 0.25) is 0 Å². The Morgan fingerprint density at radius 3 is 2.41 bits per heavy atom. The van der Waals surface area contributed by atoms with Gasteiger partial charge in [0.1, 0.15) is 0 Å². The van der Waals surface area contributed by atoms with Crippen LogP contribution in [0.3, 0.4) is 0 Å². The summed E-state index contributed by atoms with van der Waals surface area (Å²) in [4.78, 5) is 4.64. The number of aryl methyl sites for hydroxylation is 4. The van der Waals surface area contributed by atoms with Gasteiger partial charge in [0.05, 0.1) is 5.56 Å². The predicted octanol–water partition coefficient (Wildman–Crippen LogP) is 6.92. The molecule has 0 aliphatic carbocycles. The van der Waals surface area contributed by atoms with Crippen LogP contribution in [0.4, 0.5) is 0 Å². The Labute approximate surface area is 173 Å². The molecule has 0 saturated heterocycles. The molecule has 0 bridgehead atoms. The van der Waals surface area contributed by atoms with Crippen LogP contribution in [-0.4, -0.2) is 4.98 Å². The standard InChI is InChI=1S/C26H31N2O/c1-7-9-20(8-2)28-15-18(5)17(4)14-23(28)24-16(3)10-12-21-22-13-11-19(6)27-26(22)29-25(21)24/h10-15,20H,7-9H2,1-6H3/q+1. The Morgan fingerprint density at radius 1 is 0.931 bits per heavy atom. The Morgan fingerprint density at radius 2 is 1.69 bits per heavy atom. The average Bonchev–Trinajstić information content (AvgIpc) is 3.05. The number of fused-ring (bicyclic) bond motifs is 3. The van der Waals surface area contributed by atoms with E-state index < -0.39 is 0 Å². The molecule has 0 radical (unpaired) electrons. The van der Waals surface area contributed by atoms with Crippen molar-refractivity contribution in [3.8, 4) is 11.3 Å². The van der Waals surface area contributed by atoms with Crippen molar-refractivity contribution in [1.29, 1.82) is 0 Å². The smallest absolute Gasteiger partial charge is 0.227 e. The van der Waals surface area contributed by atoms with Crippen LogP contribution in [0.1, 0.15) is 61.5 Å². The Balaban J connectivity index is 2.07. The first-order valence-electron chi connectivity index (χ1n) is 10.8. The fourth-order valence-corrected chi connectivity index (χ4v) is 4.38. The van der Waals surface area contributed by atoms with Crippen molar-refractivity contribution < 1.29 is 8.98 Å². The summed E-state index contributed by atoms with van der Waals surface area (Å²) in [6.07, 6.45) is 5.79. The van der Waals surface area contributed by atoms with Crippen molar-refractivity contribution in [2.24, 2.45) is 0 Å². The Hall–Kier alpha value is -2.68. The molecular formula is C26H31N2O+. The highest BCUT2D eigenvalue weighted by atomic mass is 16.3. The maximum absolute atomic E-state index is 6.37. The maximum Gasteiger partial charge on any atom is 0.227 e. The molecule has 3 nitrogen and oxygen atoms in total. The lowest BCUT2D eigenvalue weighted by Crippen LogP contribution is -2.42. The van der Waals surface area contributed by atoms with Crippen molar-refractivity contribution in [3.05, 3.63) is 58.9 Å². The van der Waals surface area contributed by atoms with E-state index in [1.165, 1.54) is 40.8 Å². The molecule has 0 aliphatic rings. The average molecular weight is 388 g/mol.